The summed E-state index contributed by atoms with van der Waals surface area (Å²) in [6.45, 7) is 3.09. The number of nitro groups is 1. The predicted octanol–water partition coefficient (Wildman–Crippen LogP) is 2.07. The van der Waals surface area contributed by atoms with Crippen molar-refractivity contribution in [2.45, 2.75) is 45.1 Å². The van der Waals surface area contributed by atoms with Gasteiger partial charge in [0.05, 0.1) is 6.42 Å². The Morgan fingerprint density at radius 1 is 1.30 bits per heavy atom. The highest BCUT2D eigenvalue weighted by Crippen LogP contribution is 2.14. The minimum Gasteiger partial charge on any atom is -0.481 e. The SMILES string of the molecule is CC(C)(CCC(=O)O)[N+](=O)[O-].[N-]=[N+]=NCCCC(=O)O. The van der Waals surface area contributed by atoms with E-state index in [1.54, 1.807) is 0 Å². The van der Waals surface area contributed by atoms with Gasteiger partial charge in [0, 0.05) is 43.1 Å². The predicted molar refractivity (Wildman–Crippen MR) is 68.8 cm³/mol. The molecule has 0 amide bonds. The summed E-state index contributed by atoms with van der Waals surface area (Å²) >= 11 is 0. The van der Waals surface area contributed by atoms with Crippen LogP contribution < -0.4 is 0 Å². The van der Waals surface area contributed by atoms with Gasteiger partial charge in [-0.3, -0.25) is 19.7 Å². The monoisotopic (exact) mass is 290 g/mol. The summed E-state index contributed by atoms with van der Waals surface area (Å²) in [5.74, 6) is -1.86. The third-order valence-electron chi connectivity index (χ3n) is 2.16. The van der Waals surface area contributed by atoms with E-state index in [4.69, 9.17) is 15.7 Å². The Hall–Kier alpha value is -2.35. The fraction of sp³-hybridized carbons (Fsp3) is 0.800. The van der Waals surface area contributed by atoms with E-state index < -0.39 is 22.4 Å². The molecule has 114 valence electrons. The molecule has 0 aromatic heterocycles. The summed E-state index contributed by atoms with van der Waals surface area (Å²) in [5, 5.41) is 29.7. The average molecular weight is 290 g/mol. The molecular formula is C10H18N4O6. The second kappa shape index (κ2) is 10.6. The number of nitrogens with zero attached hydrogens (tertiary/aromatic N) is 4. The van der Waals surface area contributed by atoms with Gasteiger partial charge in [-0.25, -0.2) is 0 Å². The van der Waals surface area contributed by atoms with Crippen molar-refractivity contribution in [2.24, 2.45) is 5.11 Å². The molecule has 0 atom stereocenters. The number of hydrogen-bond acceptors (Lipinski definition) is 5. The zero-order valence-corrected chi connectivity index (χ0v) is 11.4. The lowest BCUT2D eigenvalue weighted by molar-refractivity contribution is -0.561. The van der Waals surface area contributed by atoms with E-state index in [1.165, 1.54) is 13.8 Å². The van der Waals surface area contributed by atoms with Gasteiger partial charge in [-0.15, -0.1) is 0 Å². The summed E-state index contributed by atoms with van der Waals surface area (Å²) in [7, 11) is 0. The molecule has 0 aliphatic heterocycles. The summed E-state index contributed by atoms with van der Waals surface area (Å²) in [4.78, 5) is 32.1. The second-order valence-electron chi connectivity index (χ2n) is 4.42. The van der Waals surface area contributed by atoms with Gasteiger partial charge in [-0.2, -0.15) is 0 Å². The zero-order chi connectivity index (χ0) is 16.2. The molecular weight excluding hydrogens is 272 g/mol. The molecule has 0 radical (unpaired) electrons. The van der Waals surface area contributed by atoms with Crippen LogP contribution in [0.5, 0.6) is 0 Å². The van der Waals surface area contributed by atoms with E-state index in [9.17, 15) is 19.7 Å². The van der Waals surface area contributed by atoms with Crippen molar-refractivity contribution in [1.82, 2.24) is 0 Å². The van der Waals surface area contributed by atoms with Crippen LogP contribution in [0.15, 0.2) is 5.11 Å². The van der Waals surface area contributed by atoms with Crippen LogP contribution in [0.1, 0.15) is 39.5 Å². The lowest BCUT2D eigenvalue weighted by atomic mass is 10.00. The maximum absolute atomic E-state index is 10.2. The highest BCUT2D eigenvalue weighted by molar-refractivity contribution is 5.66. The van der Waals surface area contributed by atoms with E-state index in [-0.39, 0.29) is 25.8 Å². The maximum Gasteiger partial charge on any atom is 0.303 e. The molecule has 0 rings (SSSR count). The molecule has 0 saturated carbocycles. The molecule has 10 heteroatoms. The topological polar surface area (TPSA) is 166 Å². The number of rotatable bonds is 8. The molecule has 0 heterocycles. The number of carboxylic acid groups (broad SMARTS) is 2. The summed E-state index contributed by atoms with van der Waals surface area (Å²) in [6.07, 6.45) is 0.391. The van der Waals surface area contributed by atoms with Crippen LogP contribution in [-0.2, 0) is 9.59 Å². The molecule has 0 aliphatic rings. The van der Waals surface area contributed by atoms with Gasteiger partial charge in [0.2, 0.25) is 5.54 Å². The third kappa shape index (κ3) is 13.7. The summed E-state index contributed by atoms with van der Waals surface area (Å²) in [5.41, 5.74) is 6.62. The first kappa shape index (κ1) is 20.0. The fourth-order valence-electron chi connectivity index (χ4n) is 0.850. The van der Waals surface area contributed by atoms with E-state index in [1.807, 2.05) is 0 Å². The van der Waals surface area contributed by atoms with Crippen molar-refractivity contribution >= 4 is 11.9 Å². The van der Waals surface area contributed by atoms with E-state index in [2.05, 4.69) is 10.0 Å². The highest BCUT2D eigenvalue weighted by atomic mass is 16.6. The Kier molecular flexibility index (Phi) is 10.5. The van der Waals surface area contributed by atoms with Gasteiger partial charge >= 0.3 is 11.9 Å². The smallest absolute Gasteiger partial charge is 0.303 e. The minimum atomic E-state index is -1.13. The molecule has 2 N–H and O–H groups in total. The van der Waals surface area contributed by atoms with E-state index in [0.29, 0.717) is 6.42 Å². The first-order chi connectivity index (χ1) is 9.13. The van der Waals surface area contributed by atoms with Crippen molar-refractivity contribution < 1.29 is 24.7 Å². The molecule has 0 fully saturated rings. The fourth-order valence-corrected chi connectivity index (χ4v) is 0.850. The largest absolute Gasteiger partial charge is 0.481 e. The van der Waals surface area contributed by atoms with Crippen molar-refractivity contribution in [3.63, 3.8) is 0 Å². The van der Waals surface area contributed by atoms with Gasteiger partial charge in [0.25, 0.3) is 0 Å². The Morgan fingerprint density at radius 3 is 2.15 bits per heavy atom. The lowest BCUT2D eigenvalue weighted by Crippen LogP contribution is -2.31. The lowest BCUT2D eigenvalue weighted by Gasteiger charge is -2.13. The van der Waals surface area contributed by atoms with Crippen LogP contribution in [-0.4, -0.2) is 39.2 Å². The maximum atomic E-state index is 10.2. The molecule has 10 nitrogen and oxygen atoms in total. The van der Waals surface area contributed by atoms with Crippen LogP contribution in [0, 0.1) is 10.1 Å². The van der Waals surface area contributed by atoms with Gasteiger partial charge in [-0.05, 0) is 12.0 Å². The molecule has 0 spiro atoms. The van der Waals surface area contributed by atoms with E-state index >= 15 is 0 Å². The van der Waals surface area contributed by atoms with Crippen molar-refractivity contribution in [2.75, 3.05) is 6.54 Å². The second-order valence-corrected chi connectivity index (χ2v) is 4.42. The van der Waals surface area contributed by atoms with Gasteiger partial charge in [0.15, 0.2) is 0 Å². The van der Waals surface area contributed by atoms with Gasteiger partial charge in [-0.1, -0.05) is 5.11 Å². The Bertz CT molecular complexity index is 387. The standard InChI is InChI=1S/C6H11NO4.C4H7N3O2/c1-6(2,7(10)11)4-3-5(8)9;5-7-6-3-1-2-4(8)9/h3-4H2,1-2H3,(H,8,9);1-3H2,(H,8,9). The molecule has 20 heavy (non-hydrogen) atoms. The molecule has 0 aromatic rings. The van der Waals surface area contributed by atoms with E-state index in [0.717, 1.165) is 0 Å². The number of hydrogen-bond donors (Lipinski definition) is 2. The molecule has 0 aliphatic carbocycles. The Labute approximate surface area is 115 Å². The summed E-state index contributed by atoms with van der Waals surface area (Å²) < 4.78 is 0. The first-order valence-corrected chi connectivity index (χ1v) is 5.72. The van der Waals surface area contributed by atoms with Gasteiger partial charge in [0.1, 0.15) is 0 Å². The van der Waals surface area contributed by atoms with Gasteiger partial charge < -0.3 is 10.2 Å². The van der Waals surface area contributed by atoms with Crippen LogP contribution in [0.4, 0.5) is 0 Å². The number of azide groups is 1. The third-order valence-corrected chi connectivity index (χ3v) is 2.16. The first-order valence-electron chi connectivity index (χ1n) is 5.72. The number of carboxylic acids is 2. The molecule has 0 aromatic carbocycles. The summed E-state index contributed by atoms with van der Waals surface area (Å²) in [6, 6.07) is 0. The minimum absolute atomic E-state index is 0.0648. The normalized spacial score (nSPS) is 9.70. The molecule has 0 bridgehead atoms. The Balaban J connectivity index is 0. The quantitative estimate of drug-likeness (QED) is 0.173. The Morgan fingerprint density at radius 2 is 1.80 bits per heavy atom. The number of carbonyl (C=O) groups is 2. The highest BCUT2D eigenvalue weighted by Gasteiger charge is 2.30. The van der Waals surface area contributed by atoms with Crippen LogP contribution >= 0.6 is 0 Å². The van der Waals surface area contributed by atoms with Crippen LogP contribution in [0.3, 0.4) is 0 Å². The average Bonchev–Trinajstić information content (AvgIpc) is 2.33. The molecule has 0 saturated heterocycles. The van der Waals surface area contributed by atoms with Crippen molar-refractivity contribution in [3.05, 3.63) is 20.6 Å². The molecule has 0 unspecified atom stereocenters. The zero-order valence-electron chi connectivity index (χ0n) is 11.4. The number of aliphatic carboxylic acids is 2. The van der Waals surface area contributed by atoms with Crippen LogP contribution in [0.25, 0.3) is 10.4 Å². The van der Waals surface area contributed by atoms with Crippen LogP contribution in [0.2, 0.25) is 0 Å². The van der Waals surface area contributed by atoms with Crippen molar-refractivity contribution in [3.8, 4) is 0 Å². The van der Waals surface area contributed by atoms with Crippen molar-refractivity contribution in [1.29, 1.82) is 0 Å².